The van der Waals surface area contributed by atoms with Crippen molar-refractivity contribution in [1.29, 1.82) is 0 Å². The van der Waals surface area contributed by atoms with Crippen LogP contribution in [0.4, 0.5) is 5.69 Å². The first-order chi connectivity index (χ1) is 9.49. The van der Waals surface area contributed by atoms with Gasteiger partial charge in [0.25, 0.3) is 0 Å². The van der Waals surface area contributed by atoms with Crippen molar-refractivity contribution in [2.24, 2.45) is 11.8 Å². The van der Waals surface area contributed by atoms with Gasteiger partial charge in [-0.25, -0.2) is 4.90 Å². The Balaban J connectivity index is 2.02. The molecule has 2 atom stereocenters. The van der Waals surface area contributed by atoms with Crippen molar-refractivity contribution in [2.75, 3.05) is 4.90 Å². The summed E-state index contributed by atoms with van der Waals surface area (Å²) in [6, 6.07) is 4.96. The number of aromatic hydroxyl groups is 1. The quantitative estimate of drug-likeness (QED) is 0.631. The number of hydrogen-bond acceptors (Lipinski definition) is 3. The summed E-state index contributed by atoms with van der Waals surface area (Å²) < 4.78 is 0. The van der Waals surface area contributed by atoms with Crippen LogP contribution in [0.15, 0.2) is 29.8 Å². The highest BCUT2D eigenvalue weighted by molar-refractivity contribution is 6.22. The number of allylic oxidation sites excluding steroid dienone is 2. The predicted molar refractivity (Wildman–Crippen MR) is 75.3 cm³/mol. The first-order valence-electron chi connectivity index (χ1n) is 6.82. The fourth-order valence-electron chi connectivity index (χ4n) is 3.09. The van der Waals surface area contributed by atoms with E-state index >= 15 is 0 Å². The van der Waals surface area contributed by atoms with Gasteiger partial charge >= 0.3 is 0 Å². The number of carbonyl (C=O) groups is 2. The lowest BCUT2D eigenvalue weighted by Crippen LogP contribution is -2.31. The van der Waals surface area contributed by atoms with Gasteiger partial charge in [-0.3, -0.25) is 9.59 Å². The van der Waals surface area contributed by atoms with Gasteiger partial charge in [0.05, 0.1) is 17.5 Å². The van der Waals surface area contributed by atoms with E-state index in [-0.39, 0.29) is 29.4 Å². The highest BCUT2D eigenvalue weighted by Crippen LogP contribution is 2.42. The number of aryl methyl sites for hydroxylation is 1. The summed E-state index contributed by atoms with van der Waals surface area (Å²) in [5, 5.41) is 9.96. The highest BCUT2D eigenvalue weighted by atomic mass is 16.3. The van der Waals surface area contributed by atoms with Crippen LogP contribution < -0.4 is 4.90 Å². The van der Waals surface area contributed by atoms with Crippen molar-refractivity contribution in [3.8, 4) is 5.75 Å². The Morgan fingerprint density at radius 3 is 2.60 bits per heavy atom. The van der Waals surface area contributed by atoms with E-state index in [1.807, 2.05) is 19.9 Å². The molecule has 1 N–H and O–H groups in total. The molecule has 0 spiro atoms. The van der Waals surface area contributed by atoms with Gasteiger partial charge in [0.15, 0.2) is 0 Å². The van der Waals surface area contributed by atoms with Crippen molar-refractivity contribution in [2.45, 2.75) is 26.7 Å². The Bertz CT molecular complexity index is 633. The Kier molecular flexibility index (Phi) is 2.89. The number of amides is 2. The molecular weight excluding hydrogens is 254 g/mol. The maximum absolute atomic E-state index is 12.5. The molecule has 2 aliphatic rings. The van der Waals surface area contributed by atoms with Crippen LogP contribution >= 0.6 is 0 Å². The molecule has 1 fully saturated rings. The molecule has 1 aliphatic carbocycles. The third kappa shape index (κ3) is 1.83. The maximum Gasteiger partial charge on any atom is 0.238 e. The van der Waals surface area contributed by atoms with Crippen LogP contribution in [0.25, 0.3) is 0 Å². The summed E-state index contributed by atoms with van der Waals surface area (Å²) in [5.41, 5.74) is 2.37. The third-order valence-electron chi connectivity index (χ3n) is 4.19. The lowest BCUT2D eigenvalue weighted by atomic mass is 9.82. The van der Waals surface area contributed by atoms with E-state index in [1.165, 1.54) is 11.0 Å². The first-order valence-corrected chi connectivity index (χ1v) is 6.82. The van der Waals surface area contributed by atoms with Gasteiger partial charge in [-0.2, -0.15) is 0 Å². The Morgan fingerprint density at radius 2 is 1.85 bits per heavy atom. The predicted octanol–water partition coefficient (Wildman–Crippen LogP) is 2.55. The second-order valence-electron chi connectivity index (χ2n) is 5.71. The minimum absolute atomic E-state index is 0.0272. The van der Waals surface area contributed by atoms with Crippen LogP contribution in [0, 0.1) is 18.8 Å². The van der Waals surface area contributed by atoms with Crippen LogP contribution in [0.5, 0.6) is 5.75 Å². The van der Waals surface area contributed by atoms with Crippen molar-refractivity contribution in [1.82, 2.24) is 0 Å². The Labute approximate surface area is 117 Å². The SMILES string of the molecule is CC1=CCC2C(=O)N(c3cc(C)ccc3O)C(=O)C2C1. The summed E-state index contributed by atoms with van der Waals surface area (Å²) in [4.78, 5) is 26.2. The molecule has 0 saturated carbocycles. The Hall–Kier alpha value is -2.10. The first kappa shape index (κ1) is 12.9. The zero-order valence-electron chi connectivity index (χ0n) is 11.6. The van der Waals surface area contributed by atoms with E-state index in [9.17, 15) is 14.7 Å². The van der Waals surface area contributed by atoms with E-state index in [2.05, 4.69) is 0 Å². The lowest BCUT2D eigenvalue weighted by Gasteiger charge is -2.18. The van der Waals surface area contributed by atoms with E-state index in [0.717, 1.165) is 11.1 Å². The monoisotopic (exact) mass is 271 g/mol. The van der Waals surface area contributed by atoms with Crippen molar-refractivity contribution in [3.05, 3.63) is 35.4 Å². The number of anilines is 1. The summed E-state index contributed by atoms with van der Waals surface area (Å²) in [5.74, 6) is -0.947. The van der Waals surface area contributed by atoms with Crippen molar-refractivity contribution < 1.29 is 14.7 Å². The van der Waals surface area contributed by atoms with E-state index in [0.29, 0.717) is 18.5 Å². The summed E-state index contributed by atoms with van der Waals surface area (Å²) in [7, 11) is 0. The van der Waals surface area contributed by atoms with E-state index in [1.54, 1.807) is 12.1 Å². The van der Waals surface area contributed by atoms with Gasteiger partial charge in [0.1, 0.15) is 5.75 Å². The fraction of sp³-hybridized carbons (Fsp3) is 0.375. The Morgan fingerprint density at radius 1 is 1.15 bits per heavy atom. The second-order valence-corrected chi connectivity index (χ2v) is 5.71. The average molecular weight is 271 g/mol. The van der Waals surface area contributed by atoms with Crippen LogP contribution in [0.1, 0.15) is 25.3 Å². The minimum Gasteiger partial charge on any atom is -0.506 e. The summed E-state index contributed by atoms with van der Waals surface area (Å²) in [6.45, 7) is 3.85. The van der Waals surface area contributed by atoms with Gasteiger partial charge in [-0.05, 0) is 44.4 Å². The summed E-state index contributed by atoms with van der Waals surface area (Å²) >= 11 is 0. The van der Waals surface area contributed by atoms with Crippen LogP contribution in [-0.2, 0) is 9.59 Å². The molecule has 1 heterocycles. The zero-order chi connectivity index (χ0) is 14.4. The van der Waals surface area contributed by atoms with Crippen LogP contribution in [0.2, 0.25) is 0 Å². The molecule has 4 heteroatoms. The minimum atomic E-state index is -0.272. The van der Waals surface area contributed by atoms with E-state index in [4.69, 9.17) is 0 Å². The number of carbonyl (C=O) groups excluding carboxylic acids is 2. The molecule has 0 radical (unpaired) electrons. The van der Waals surface area contributed by atoms with Gasteiger partial charge in [0, 0.05) is 0 Å². The molecule has 0 bridgehead atoms. The lowest BCUT2D eigenvalue weighted by molar-refractivity contribution is -0.122. The molecule has 2 unspecified atom stereocenters. The molecule has 0 aromatic heterocycles. The van der Waals surface area contributed by atoms with Crippen LogP contribution in [-0.4, -0.2) is 16.9 Å². The number of hydrogen-bond donors (Lipinski definition) is 1. The molecular formula is C16H17NO3. The van der Waals surface area contributed by atoms with Gasteiger partial charge in [-0.15, -0.1) is 0 Å². The highest BCUT2D eigenvalue weighted by Gasteiger charge is 2.49. The molecule has 4 nitrogen and oxygen atoms in total. The summed E-state index contributed by atoms with van der Waals surface area (Å²) in [6.07, 6.45) is 3.29. The van der Waals surface area contributed by atoms with Crippen molar-refractivity contribution in [3.63, 3.8) is 0 Å². The molecule has 104 valence electrons. The molecule has 1 aromatic carbocycles. The average Bonchev–Trinajstić information content (AvgIpc) is 2.65. The van der Waals surface area contributed by atoms with Gasteiger partial charge < -0.3 is 5.11 Å². The third-order valence-corrected chi connectivity index (χ3v) is 4.19. The number of phenols is 1. The molecule has 3 rings (SSSR count). The number of benzene rings is 1. The number of fused-ring (bicyclic) bond motifs is 1. The number of nitrogens with zero attached hydrogens (tertiary/aromatic N) is 1. The van der Waals surface area contributed by atoms with Gasteiger partial charge in [0.2, 0.25) is 11.8 Å². The molecule has 20 heavy (non-hydrogen) atoms. The number of imide groups is 1. The van der Waals surface area contributed by atoms with Crippen molar-refractivity contribution >= 4 is 17.5 Å². The van der Waals surface area contributed by atoms with Crippen LogP contribution in [0.3, 0.4) is 0 Å². The number of rotatable bonds is 1. The number of phenolic OH excluding ortho intramolecular Hbond substituents is 1. The normalized spacial score (nSPS) is 25.7. The van der Waals surface area contributed by atoms with E-state index < -0.39 is 0 Å². The molecule has 1 aromatic rings. The van der Waals surface area contributed by atoms with Gasteiger partial charge in [-0.1, -0.05) is 17.7 Å². The molecule has 2 amide bonds. The smallest absolute Gasteiger partial charge is 0.238 e. The molecule has 1 aliphatic heterocycles. The largest absolute Gasteiger partial charge is 0.506 e. The topological polar surface area (TPSA) is 57.6 Å². The standard InChI is InChI=1S/C16H17NO3/c1-9-3-5-11-12(7-9)16(20)17(15(11)19)13-8-10(2)4-6-14(13)18/h3-4,6,8,11-12,18H,5,7H2,1-2H3. The zero-order valence-corrected chi connectivity index (χ0v) is 11.6. The second kappa shape index (κ2) is 4.47. The maximum atomic E-state index is 12.5. The fourth-order valence-corrected chi connectivity index (χ4v) is 3.09. The molecule has 1 saturated heterocycles.